The normalized spacial score (nSPS) is 16.0. The van der Waals surface area contributed by atoms with Crippen LogP contribution in [-0.2, 0) is 14.8 Å². The Morgan fingerprint density at radius 1 is 1.43 bits per heavy atom. The van der Waals surface area contributed by atoms with E-state index in [1.807, 2.05) is 18.9 Å². The largest absolute Gasteiger partial charge is 0.379 e. The van der Waals surface area contributed by atoms with Crippen molar-refractivity contribution in [2.24, 2.45) is 10.9 Å². The number of nitrogens with one attached hydrogen (secondary N) is 2. The molecule has 1 aliphatic rings. The molecule has 1 fully saturated rings. The third-order valence-electron chi connectivity index (χ3n) is 3.06. The third-order valence-corrected chi connectivity index (χ3v) is 3.78. The first-order chi connectivity index (χ1) is 9.92. The molecule has 0 saturated heterocycles. The van der Waals surface area contributed by atoms with Gasteiger partial charge in [-0.25, -0.2) is 13.1 Å². The molecule has 21 heavy (non-hydrogen) atoms. The van der Waals surface area contributed by atoms with E-state index in [0.29, 0.717) is 19.7 Å². The summed E-state index contributed by atoms with van der Waals surface area (Å²) in [5.41, 5.74) is 0. The van der Waals surface area contributed by atoms with Crippen molar-refractivity contribution >= 4 is 16.0 Å². The number of nitrogens with zero attached hydrogens (tertiary/aromatic N) is 2. The Morgan fingerprint density at radius 2 is 2.14 bits per heavy atom. The maximum absolute atomic E-state index is 11.0. The quantitative estimate of drug-likeness (QED) is 0.333. The molecule has 1 aliphatic carbocycles. The lowest BCUT2D eigenvalue weighted by atomic mass is 10.5. The lowest BCUT2D eigenvalue weighted by Gasteiger charge is -2.22. The van der Waals surface area contributed by atoms with E-state index in [0.717, 1.165) is 37.8 Å². The van der Waals surface area contributed by atoms with Crippen LogP contribution in [0.4, 0.5) is 0 Å². The summed E-state index contributed by atoms with van der Waals surface area (Å²) in [6.45, 7) is 5.78. The van der Waals surface area contributed by atoms with Crippen LogP contribution in [0, 0.1) is 5.92 Å². The number of aliphatic imine (C=N–C) groups is 1. The van der Waals surface area contributed by atoms with E-state index < -0.39 is 10.0 Å². The smallest absolute Gasteiger partial charge is 0.208 e. The van der Waals surface area contributed by atoms with Crippen LogP contribution in [0.2, 0.25) is 0 Å². The van der Waals surface area contributed by atoms with Crippen LogP contribution in [0.25, 0.3) is 0 Å². The second-order valence-electron chi connectivity index (χ2n) is 5.34. The molecule has 2 N–H and O–H groups in total. The van der Waals surface area contributed by atoms with Crippen LogP contribution < -0.4 is 10.0 Å². The molecule has 8 heteroatoms. The van der Waals surface area contributed by atoms with Crippen molar-refractivity contribution in [3.63, 3.8) is 0 Å². The molecule has 7 nitrogen and oxygen atoms in total. The maximum Gasteiger partial charge on any atom is 0.208 e. The summed E-state index contributed by atoms with van der Waals surface area (Å²) < 4.78 is 30.0. The molecule has 0 spiro atoms. The first-order valence-electron chi connectivity index (χ1n) is 7.44. The summed E-state index contributed by atoms with van der Waals surface area (Å²) in [6, 6.07) is 0. The van der Waals surface area contributed by atoms with Crippen molar-refractivity contribution in [3.8, 4) is 0 Å². The van der Waals surface area contributed by atoms with E-state index in [1.54, 1.807) is 0 Å². The van der Waals surface area contributed by atoms with Gasteiger partial charge in [0.15, 0.2) is 5.96 Å². The van der Waals surface area contributed by atoms with E-state index >= 15 is 0 Å². The van der Waals surface area contributed by atoms with Crippen LogP contribution in [-0.4, -0.2) is 72.0 Å². The molecule has 0 radical (unpaired) electrons. The number of likely N-dealkylation sites (N-methyl/N-ethyl adjacent to an activating group) is 1. The highest BCUT2D eigenvalue weighted by Gasteiger charge is 2.21. The number of guanidine groups is 1. The molecule has 1 rings (SSSR count). The van der Waals surface area contributed by atoms with Crippen LogP contribution in [0.1, 0.15) is 19.8 Å². The van der Waals surface area contributed by atoms with Gasteiger partial charge in [0.2, 0.25) is 10.0 Å². The summed E-state index contributed by atoms with van der Waals surface area (Å²) in [7, 11) is -1.20. The van der Waals surface area contributed by atoms with Crippen LogP contribution in [0.15, 0.2) is 4.99 Å². The molecule has 1 saturated carbocycles. The zero-order valence-corrected chi connectivity index (χ0v) is 14.1. The Bertz CT molecular complexity index is 421. The second kappa shape index (κ2) is 9.22. The zero-order chi connectivity index (χ0) is 15.7. The SMILES string of the molecule is CCNC(=NCCNS(C)(=O)=O)N(C)CCOCC1CC1. The lowest BCUT2D eigenvalue weighted by molar-refractivity contribution is 0.115. The average molecular weight is 320 g/mol. The molecule has 0 aliphatic heterocycles. The Balaban J connectivity index is 2.27. The van der Waals surface area contributed by atoms with Gasteiger partial charge in [-0.15, -0.1) is 0 Å². The van der Waals surface area contributed by atoms with Gasteiger partial charge in [0.1, 0.15) is 0 Å². The highest BCUT2D eigenvalue weighted by atomic mass is 32.2. The van der Waals surface area contributed by atoms with Gasteiger partial charge in [0.05, 0.1) is 19.4 Å². The Hall–Kier alpha value is -0.860. The van der Waals surface area contributed by atoms with Crippen molar-refractivity contribution in [1.29, 1.82) is 0 Å². The molecule has 0 atom stereocenters. The summed E-state index contributed by atoms with van der Waals surface area (Å²) in [5.74, 6) is 1.54. The number of hydrogen-bond donors (Lipinski definition) is 2. The molecule has 0 aromatic rings. The highest BCUT2D eigenvalue weighted by Crippen LogP contribution is 2.28. The summed E-state index contributed by atoms with van der Waals surface area (Å²) >= 11 is 0. The highest BCUT2D eigenvalue weighted by molar-refractivity contribution is 7.88. The Labute approximate surface area is 128 Å². The van der Waals surface area contributed by atoms with Gasteiger partial charge >= 0.3 is 0 Å². The van der Waals surface area contributed by atoms with Crippen LogP contribution >= 0.6 is 0 Å². The standard InChI is InChI=1S/C13H28N4O3S/c1-4-14-13(15-7-8-16-21(3,18)19)17(2)9-10-20-11-12-5-6-12/h12,16H,4-11H2,1-3H3,(H,14,15). The van der Waals surface area contributed by atoms with Crippen LogP contribution in [0.3, 0.4) is 0 Å². The van der Waals surface area contributed by atoms with Gasteiger partial charge in [0.25, 0.3) is 0 Å². The summed E-state index contributed by atoms with van der Waals surface area (Å²) in [5, 5.41) is 3.19. The van der Waals surface area contributed by atoms with E-state index in [9.17, 15) is 8.42 Å². The van der Waals surface area contributed by atoms with E-state index in [1.165, 1.54) is 12.8 Å². The van der Waals surface area contributed by atoms with Gasteiger partial charge < -0.3 is 15.0 Å². The average Bonchev–Trinajstić information content (AvgIpc) is 3.21. The molecule has 0 heterocycles. The van der Waals surface area contributed by atoms with Crippen molar-refractivity contribution in [2.45, 2.75) is 19.8 Å². The first kappa shape index (κ1) is 18.2. The Morgan fingerprint density at radius 3 is 2.71 bits per heavy atom. The minimum atomic E-state index is -3.15. The van der Waals surface area contributed by atoms with Gasteiger partial charge in [-0.2, -0.15) is 0 Å². The molecule has 0 unspecified atom stereocenters. The monoisotopic (exact) mass is 320 g/mol. The fourth-order valence-corrected chi connectivity index (χ4v) is 2.17. The van der Waals surface area contributed by atoms with E-state index in [-0.39, 0.29) is 0 Å². The topological polar surface area (TPSA) is 83.0 Å². The molecular weight excluding hydrogens is 292 g/mol. The fraction of sp³-hybridized carbons (Fsp3) is 0.923. The number of hydrogen-bond acceptors (Lipinski definition) is 4. The molecule has 0 aromatic carbocycles. The molecule has 0 amide bonds. The van der Waals surface area contributed by atoms with Crippen LogP contribution in [0.5, 0.6) is 0 Å². The number of rotatable bonds is 10. The minimum absolute atomic E-state index is 0.305. The van der Waals surface area contributed by atoms with Crippen molar-refractivity contribution in [1.82, 2.24) is 14.9 Å². The third kappa shape index (κ3) is 9.65. The maximum atomic E-state index is 11.0. The van der Waals surface area contributed by atoms with Gasteiger partial charge in [-0.05, 0) is 25.7 Å². The number of ether oxygens (including phenoxy) is 1. The molecule has 0 bridgehead atoms. The predicted octanol–water partition coefficient (Wildman–Crippen LogP) is -0.140. The van der Waals surface area contributed by atoms with Crippen molar-refractivity contribution in [2.75, 3.05) is 52.7 Å². The minimum Gasteiger partial charge on any atom is -0.379 e. The predicted molar refractivity (Wildman–Crippen MR) is 85.0 cm³/mol. The summed E-state index contributed by atoms with van der Waals surface area (Å²) in [6.07, 6.45) is 3.74. The first-order valence-corrected chi connectivity index (χ1v) is 9.33. The Kier molecular flexibility index (Phi) is 7.98. The van der Waals surface area contributed by atoms with E-state index in [4.69, 9.17) is 4.74 Å². The molecular formula is C13H28N4O3S. The van der Waals surface area contributed by atoms with Crippen molar-refractivity contribution in [3.05, 3.63) is 0 Å². The zero-order valence-electron chi connectivity index (χ0n) is 13.3. The van der Waals surface area contributed by atoms with Gasteiger partial charge in [0, 0.05) is 33.3 Å². The summed E-state index contributed by atoms with van der Waals surface area (Å²) in [4.78, 5) is 6.39. The van der Waals surface area contributed by atoms with Crippen molar-refractivity contribution < 1.29 is 13.2 Å². The van der Waals surface area contributed by atoms with Gasteiger partial charge in [-0.1, -0.05) is 0 Å². The van der Waals surface area contributed by atoms with E-state index in [2.05, 4.69) is 15.0 Å². The second-order valence-corrected chi connectivity index (χ2v) is 7.18. The fourth-order valence-electron chi connectivity index (χ4n) is 1.70. The van der Waals surface area contributed by atoms with Gasteiger partial charge in [-0.3, -0.25) is 4.99 Å². The lowest BCUT2D eigenvalue weighted by Crippen LogP contribution is -2.41. The molecule has 0 aromatic heterocycles. The number of sulfonamides is 1. The molecule has 124 valence electrons.